The molecule has 0 saturated carbocycles. The lowest BCUT2D eigenvalue weighted by Crippen LogP contribution is -2.12. The lowest BCUT2D eigenvalue weighted by atomic mass is 10.2. The van der Waals surface area contributed by atoms with Crippen molar-refractivity contribution in [2.75, 3.05) is 6.61 Å². The standard InChI is InChI=1S/C10H12N4O2.C7H4F4/c1-7-12-9(4-10(16)13-7)14-6-8(2-3-15)5-11-14;8-6-3-1-2-5(4-6)7(9,10)11/h4-6,15H,2-3H2,1H3,(H,12,13,16);1-4H. The molecule has 0 spiro atoms. The summed E-state index contributed by atoms with van der Waals surface area (Å²) < 4.78 is 49.1. The van der Waals surface area contributed by atoms with E-state index in [-0.39, 0.29) is 12.2 Å². The fourth-order valence-electron chi connectivity index (χ4n) is 2.09. The van der Waals surface area contributed by atoms with Gasteiger partial charge in [-0.3, -0.25) is 4.79 Å². The summed E-state index contributed by atoms with van der Waals surface area (Å²) in [5.41, 5.74) is -0.263. The maximum atomic E-state index is 12.2. The highest BCUT2D eigenvalue weighted by atomic mass is 19.4. The van der Waals surface area contributed by atoms with Gasteiger partial charge in [0.25, 0.3) is 5.56 Å². The SMILES string of the molecule is Cc1nc(-n2cc(CCO)cn2)cc(=O)[nH]1.Fc1cccc(C(F)(F)F)c1. The van der Waals surface area contributed by atoms with Gasteiger partial charge in [-0.1, -0.05) is 6.07 Å². The summed E-state index contributed by atoms with van der Waals surface area (Å²) in [6.07, 6.45) is -0.518. The number of aromatic amines is 1. The van der Waals surface area contributed by atoms with Crippen LogP contribution in [0, 0.1) is 12.7 Å². The second-order valence-corrected chi connectivity index (χ2v) is 5.46. The summed E-state index contributed by atoms with van der Waals surface area (Å²) in [4.78, 5) is 18.0. The van der Waals surface area contributed by atoms with E-state index in [0.29, 0.717) is 24.1 Å². The van der Waals surface area contributed by atoms with Crippen molar-refractivity contribution in [2.24, 2.45) is 0 Å². The second kappa shape index (κ2) is 8.58. The van der Waals surface area contributed by atoms with Gasteiger partial charge in [-0.25, -0.2) is 14.1 Å². The zero-order valence-corrected chi connectivity index (χ0v) is 14.2. The number of hydrogen-bond donors (Lipinski definition) is 2. The molecule has 0 unspecified atom stereocenters. The monoisotopic (exact) mass is 384 g/mol. The third kappa shape index (κ3) is 6.03. The molecule has 2 heterocycles. The first kappa shape index (κ1) is 20.3. The number of nitrogens with zero attached hydrogens (tertiary/aromatic N) is 3. The van der Waals surface area contributed by atoms with Crippen molar-refractivity contribution in [3.63, 3.8) is 0 Å². The summed E-state index contributed by atoms with van der Waals surface area (Å²) in [5, 5.41) is 12.9. The van der Waals surface area contributed by atoms with Gasteiger partial charge in [-0.15, -0.1) is 0 Å². The van der Waals surface area contributed by atoms with E-state index in [9.17, 15) is 22.4 Å². The predicted molar refractivity (Wildman–Crippen MR) is 88.9 cm³/mol. The van der Waals surface area contributed by atoms with Gasteiger partial charge < -0.3 is 10.1 Å². The van der Waals surface area contributed by atoms with Crippen LogP contribution in [0.25, 0.3) is 5.82 Å². The van der Waals surface area contributed by atoms with Crippen molar-refractivity contribution in [3.05, 3.63) is 75.8 Å². The van der Waals surface area contributed by atoms with Gasteiger partial charge in [-0.05, 0) is 37.1 Å². The van der Waals surface area contributed by atoms with Crippen molar-refractivity contribution in [1.29, 1.82) is 0 Å². The Kier molecular flexibility index (Phi) is 6.45. The summed E-state index contributed by atoms with van der Waals surface area (Å²) in [5.74, 6) is 0.145. The molecule has 3 aromatic rings. The van der Waals surface area contributed by atoms with Crippen LogP contribution in [0.15, 0.2) is 47.5 Å². The first-order chi connectivity index (χ1) is 12.7. The largest absolute Gasteiger partial charge is 0.416 e. The molecule has 0 amide bonds. The number of H-pyrrole nitrogens is 1. The van der Waals surface area contributed by atoms with Crippen LogP contribution < -0.4 is 5.56 Å². The molecule has 2 N–H and O–H groups in total. The van der Waals surface area contributed by atoms with Crippen LogP contribution in [0.1, 0.15) is 17.0 Å². The number of aromatic nitrogens is 4. The van der Waals surface area contributed by atoms with Gasteiger partial charge >= 0.3 is 6.18 Å². The van der Waals surface area contributed by atoms with Crippen LogP contribution in [0.2, 0.25) is 0 Å². The Morgan fingerprint density at radius 1 is 1.26 bits per heavy atom. The Morgan fingerprint density at radius 2 is 2.00 bits per heavy atom. The van der Waals surface area contributed by atoms with E-state index in [1.807, 2.05) is 0 Å². The molecule has 0 aliphatic rings. The van der Waals surface area contributed by atoms with Gasteiger partial charge in [-0.2, -0.15) is 18.3 Å². The highest BCUT2D eigenvalue weighted by molar-refractivity contribution is 5.21. The zero-order valence-electron chi connectivity index (χ0n) is 14.2. The first-order valence-electron chi connectivity index (χ1n) is 7.74. The maximum absolute atomic E-state index is 12.2. The smallest absolute Gasteiger partial charge is 0.396 e. The van der Waals surface area contributed by atoms with Crippen LogP contribution in [0.3, 0.4) is 0 Å². The molecule has 144 valence electrons. The van der Waals surface area contributed by atoms with Crippen molar-refractivity contribution < 1.29 is 22.7 Å². The molecule has 1 aromatic carbocycles. The summed E-state index contributed by atoms with van der Waals surface area (Å²) in [6, 6.07) is 4.65. The van der Waals surface area contributed by atoms with Gasteiger partial charge in [0.15, 0.2) is 5.82 Å². The van der Waals surface area contributed by atoms with Crippen LogP contribution >= 0.6 is 0 Å². The molecule has 27 heavy (non-hydrogen) atoms. The Labute approximate surface area is 151 Å². The highest BCUT2D eigenvalue weighted by Gasteiger charge is 2.30. The van der Waals surface area contributed by atoms with E-state index >= 15 is 0 Å². The highest BCUT2D eigenvalue weighted by Crippen LogP contribution is 2.29. The Bertz CT molecular complexity index is 950. The minimum absolute atomic E-state index is 0.0769. The lowest BCUT2D eigenvalue weighted by Gasteiger charge is -2.04. The van der Waals surface area contributed by atoms with Crippen LogP contribution in [0.5, 0.6) is 0 Å². The number of aliphatic hydroxyl groups is 1. The molecular formula is C17H16F4N4O2. The quantitative estimate of drug-likeness (QED) is 0.680. The number of aliphatic hydroxyl groups excluding tert-OH is 1. The van der Waals surface area contributed by atoms with Crippen molar-refractivity contribution >= 4 is 0 Å². The van der Waals surface area contributed by atoms with Gasteiger partial charge in [0, 0.05) is 18.9 Å². The molecule has 0 radical (unpaired) electrons. The number of nitrogens with one attached hydrogen (secondary N) is 1. The fraction of sp³-hybridized carbons (Fsp3) is 0.235. The Hall–Kier alpha value is -3.01. The number of benzene rings is 1. The normalized spacial score (nSPS) is 11.0. The van der Waals surface area contributed by atoms with Gasteiger partial charge in [0.2, 0.25) is 0 Å². The van der Waals surface area contributed by atoms with Crippen molar-refractivity contribution in [1.82, 2.24) is 19.7 Å². The summed E-state index contributed by atoms with van der Waals surface area (Å²) in [6.45, 7) is 1.79. The Balaban J connectivity index is 0.000000208. The third-order valence-corrected chi connectivity index (χ3v) is 3.27. The van der Waals surface area contributed by atoms with E-state index in [2.05, 4.69) is 15.1 Å². The van der Waals surface area contributed by atoms with Crippen LogP contribution in [0.4, 0.5) is 17.6 Å². The number of halogens is 4. The average molecular weight is 384 g/mol. The molecule has 3 rings (SSSR count). The van der Waals surface area contributed by atoms with E-state index in [4.69, 9.17) is 5.11 Å². The van der Waals surface area contributed by atoms with Crippen molar-refractivity contribution in [3.8, 4) is 5.82 Å². The maximum Gasteiger partial charge on any atom is 0.416 e. The molecule has 2 aromatic heterocycles. The zero-order chi connectivity index (χ0) is 20.0. The van der Waals surface area contributed by atoms with Gasteiger partial charge in [0.05, 0.1) is 11.8 Å². The molecule has 0 fully saturated rings. The molecule has 0 aliphatic heterocycles. The number of hydrogen-bond acceptors (Lipinski definition) is 4. The minimum atomic E-state index is -4.46. The number of rotatable bonds is 3. The number of alkyl halides is 3. The topological polar surface area (TPSA) is 83.8 Å². The fourth-order valence-corrected chi connectivity index (χ4v) is 2.09. The average Bonchev–Trinajstić information content (AvgIpc) is 3.03. The molecular weight excluding hydrogens is 368 g/mol. The molecule has 0 atom stereocenters. The van der Waals surface area contributed by atoms with Crippen LogP contribution in [-0.2, 0) is 12.6 Å². The first-order valence-corrected chi connectivity index (χ1v) is 7.74. The molecule has 0 aliphatic carbocycles. The molecule has 10 heteroatoms. The van der Waals surface area contributed by atoms with Crippen molar-refractivity contribution in [2.45, 2.75) is 19.5 Å². The van der Waals surface area contributed by atoms with E-state index < -0.39 is 17.6 Å². The van der Waals surface area contributed by atoms with Gasteiger partial charge in [0.1, 0.15) is 11.6 Å². The third-order valence-electron chi connectivity index (χ3n) is 3.27. The predicted octanol–water partition coefficient (Wildman–Crippen LogP) is 2.64. The number of aryl methyl sites for hydroxylation is 1. The minimum Gasteiger partial charge on any atom is -0.396 e. The summed E-state index contributed by atoms with van der Waals surface area (Å²) >= 11 is 0. The lowest BCUT2D eigenvalue weighted by molar-refractivity contribution is -0.137. The summed E-state index contributed by atoms with van der Waals surface area (Å²) in [7, 11) is 0. The molecule has 0 bridgehead atoms. The Morgan fingerprint density at radius 3 is 2.56 bits per heavy atom. The van der Waals surface area contributed by atoms with Crippen LogP contribution in [-0.4, -0.2) is 31.5 Å². The van der Waals surface area contributed by atoms with E-state index in [0.717, 1.165) is 23.8 Å². The molecule has 6 nitrogen and oxygen atoms in total. The molecule has 0 saturated heterocycles. The second-order valence-electron chi connectivity index (χ2n) is 5.46. The van der Waals surface area contributed by atoms with E-state index in [1.165, 1.54) is 10.7 Å². The van der Waals surface area contributed by atoms with E-state index in [1.54, 1.807) is 19.3 Å².